The van der Waals surface area contributed by atoms with Crippen LogP contribution in [-0.4, -0.2) is 47.9 Å². The Bertz CT molecular complexity index is 1240. The van der Waals surface area contributed by atoms with Crippen molar-refractivity contribution in [2.24, 2.45) is 0 Å². The molecular weight excluding hydrogens is 500 g/mol. The Hall–Kier alpha value is -3.75. The predicted octanol–water partition coefficient (Wildman–Crippen LogP) is 5.06. The molecule has 0 atom stereocenters. The second-order valence-corrected chi connectivity index (χ2v) is 8.91. The SMILES string of the molecule is CCOc1cc(/C=C(/C#N)C(=O)Nc2nc(SCC)ns2)ccc1OCCOc1ccccc1OC. The first-order chi connectivity index (χ1) is 17.6. The molecule has 36 heavy (non-hydrogen) atoms. The highest BCUT2D eigenvalue weighted by Crippen LogP contribution is 2.30. The summed E-state index contributed by atoms with van der Waals surface area (Å²) >= 11 is 2.54. The molecule has 0 saturated carbocycles. The molecule has 2 aromatic carbocycles. The number of ether oxygens (including phenoxy) is 4. The number of aromatic nitrogens is 2. The van der Waals surface area contributed by atoms with E-state index in [-0.39, 0.29) is 12.2 Å². The lowest BCUT2D eigenvalue weighted by molar-refractivity contribution is -0.112. The summed E-state index contributed by atoms with van der Waals surface area (Å²) in [5.74, 6) is 2.55. The number of amides is 1. The number of methoxy groups -OCH3 is 1. The normalized spacial score (nSPS) is 10.9. The monoisotopic (exact) mass is 526 g/mol. The number of nitrogens with one attached hydrogen (secondary N) is 1. The molecule has 0 spiro atoms. The number of nitrogens with zero attached hydrogens (tertiary/aromatic N) is 3. The van der Waals surface area contributed by atoms with E-state index < -0.39 is 5.91 Å². The van der Waals surface area contributed by atoms with Crippen LogP contribution in [0.2, 0.25) is 0 Å². The quantitative estimate of drug-likeness (QED) is 0.141. The van der Waals surface area contributed by atoms with E-state index in [1.165, 1.54) is 17.8 Å². The van der Waals surface area contributed by atoms with Gasteiger partial charge in [-0.2, -0.15) is 14.6 Å². The molecule has 0 bridgehead atoms. The molecule has 9 nitrogen and oxygen atoms in total. The van der Waals surface area contributed by atoms with Crippen molar-refractivity contribution in [1.29, 1.82) is 5.26 Å². The molecule has 0 aliphatic carbocycles. The van der Waals surface area contributed by atoms with Gasteiger partial charge < -0.3 is 18.9 Å². The highest BCUT2D eigenvalue weighted by atomic mass is 32.2. The zero-order valence-corrected chi connectivity index (χ0v) is 21.8. The van der Waals surface area contributed by atoms with Gasteiger partial charge in [0.15, 0.2) is 23.0 Å². The fraction of sp³-hybridized carbons (Fsp3) is 0.280. The van der Waals surface area contributed by atoms with Crippen molar-refractivity contribution in [3.63, 3.8) is 0 Å². The third kappa shape index (κ3) is 7.63. The van der Waals surface area contributed by atoms with E-state index in [1.807, 2.05) is 44.2 Å². The van der Waals surface area contributed by atoms with Crippen LogP contribution in [0.5, 0.6) is 23.0 Å². The maximum atomic E-state index is 12.6. The first-order valence-corrected chi connectivity index (χ1v) is 12.9. The van der Waals surface area contributed by atoms with Gasteiger partial charge in [0.1, 0.15) is 24.9 Å². The number of hydrogen-bond acceptors (Lipinski definition) is 10. The second kappa shape index (κ2) is 14.0. The maximum absolute atomic E-state index is 12.6. The lowest BCUT2D eigenvalue weighted by Crippen LogP contribution is -2.13. The van der Waals surface area contributed by atoms with Gasteiger partial charge in [0, 0.05) is 11.5 Å². The van der Waals surface area contributed by atoms with Crippen LogP contribution in [0.15, 0.2) is 53.2 Å². The van der Waals surface area contributed by atoms with Crippen molar-refractivity contribution >= 4 is 40.4 Å². The summed E-state index contributed by atoms with van der Waals surface area (Å²) < 4.78 is 26.7. The van der Waals surface area contributed by atoms with E-state index in [9.17, 15) is 10.1 Å². The number of anilines is 1. The molecule has 1 aromatic heterocycles. The lowest BCUT2D eigenvalue weighted by Gasteiger charge is -2.14. The van der Waals surface area contributed by atoms with Crippen LogP contribution >= 0.6 is 23.3 Å². The third-order valence-electron chi connectivity index (χ3n) is 4.51. The minimum atomic E-state index is -0.562. The summed E-state index contributed by atoms with van der Waals surface area (Å²) in [6.45, 7) is 4.85. The number of carbonyl (C=O) groups is 1. The Morgan fingerprint density at radius 3 is 2.47 bits per heavy atom. The Kier molecular flexibility index (Phi) is 10.4. The molecule has 0 unspecified atom stereocenters. The van der Waals surface area contributed by atoms with Gasteiger partial charge in [0.05, 0.1) is 13.7 Å². The van der Waals surface area contributed by atoms with Crippen molar-refractivity contribution in [3.05, 3.63) is 53.6 Å². The molecule has 0 aliphatic rings. The fourth-order valence-electron chi connectivity index (χ4n) is 2.97. The Labute approximate surface area is 218 Å². The highest BCUT2D eigenvalue weighted by molar-refractivity contribution is 7.99. The summed E-state index contributed by atoms with van der Waals surface area (Å²) in [5, 5.41) is 13.1. The highest BCUT2D eigenvalue weighted by Gasteiger charge is 2.14. The molecule has 0 radical (unpaired) electrons. The Balaban J connectivity index is 1.65. The fourth-order valence-corrected chi connectivity index (χ4v) is 4.24. The van der Waals surface area contributed by atoms with E-state index in [0.717, 1.165) is 17.3 Å². The average molecular weight is 527 g/mol. The van der Waals surface area contributed by atoms with E-state index in [0.29, 0.717) is 52.1 Å². The molecule has 1 N–H and O–H groups in total. The Morgan fingerprint density at radius 1 is 1.08 bits per heavy atom. The number of para-hydroxylation sites is 2. The van der Waals surface area contributed by atoms with Crippen molar-refractivity contribution in [2.75, 3.05) is 38.0 Å². The van der Waals surface area contributed by atoms with Crippen LogP contribution in [0.3, 0.4) is 0 Å². The van der Waals surface area contributed by atoms with Gasteiger partial charge in [-0.1, -0.05) is 36.9 Å². The number of nitriles is 1. The molecule has 0 aliphatic heterocycles. The summed E-state index contributed by atoms with van der Waals surface area (Å²) in [4.78, 5) is 16.8. The smallest absolute Gasteiger partial charge is 0.268 e. The number of hydrogen-bond donors (Lipinski definition) is 1. The average Bonchev–Trinajstić information content (AvgIpc) is 3.33. The topological polar surface area (TPSA) is 116 Å². The minimum absolute atomic E-state index is 0.0729. The van der Waals surface area contributed by atoms with E-state index in [1.54, 1.807) is 25.3 Å². The number of rotatable bonds is 13. The number of thioether (sulfide) groups is 1. The predicted molar refractivity (Wildman–Crippen MR) is 140 cm³/mol. The minimum Gasteiger partial charge on any atom is -0.493 e. The van der Waals surface area contributed by atoms with E-state index in [2.05, 4.69) is 14.7 Å². The zero-order valence-electron chi connectivity index (χ0n) is 20.1. The van der Waals surface area contributed by atoms with Gasteiger partial charge in [0.25, 0.3) is 5.91 Å². The molecule has 3 aromatic rings. The summed E-state index contributed by atoms with van der Waals surface area (Å²) in [5.41, 5.74) is 0.540. The number of carbonyl (C=O) groups excluding carboxylic acids is 1. The molecule has 0 fully saturated rings. The number of benzene rings is 2. The van der Waals surface area contributed by atoms with Gasteiger partial charge in [0.2, 0.25) is 10.3 Å². The van der Waals surface area contributed by atoms with Gasteiger partial charge in [-0.3, -0.25) is 10.1 Å². The van der Waals surface area contributed by atoms with Crippen molar-refractivity contribution in [2.45, 2.75) is 19.0 Å². The van der Waals surface area contributed by atoms with Gasteiger partial charge >= 0.3 is 0 Å². The standard InChI is InChI=1S/C25H26N4O5S2/c1-4-32-22-15-17(14-18(16-26)23(30)27-24-28-25(29-36-24)35-5-2)10-11-21(22)34-13-12-33-20-9-7-6-8-19(20)31-3/h6-11,14-15H,4-5,12-13H2,1-3H3,(H,27,28,29,30)/b18-14-. The molecule has 188 valence electrons. The van der Waals surface area contributed by atoms with Crippen LogP contribution in [0, 0.1) is 11.3 Å². The van der Waals surface area contributed by atoms with Crippen LogP contribution in [0.4, 0.5) is 5.13 Å². The van der Waals surface area contributed by atoms with Gasteiger partial charge in [-0.05, 0) is 48.6 Å². The van der Waals surface area contributed by atoms with E-state index >= 15 is 0 Å². The third-order valence-corrected chi connectivity index (χ3v) is 5.99. The van der Waals surface area contributed by atoms with Crippen LogP contribution < -0.4 is 24.3 Å². The molecule has 1 heterocycles. The summed E-state index contributed by atoms with van der Waals surface area (Å²) in [6.07, 6.45) is 1.48. The molecule has 0 saturated heterocycles. The summed E-state index contributed by atoms with van der Waals surface area (Å²) in [6, 6.07) is 14.5. The van der Waals surface area contributed by atoms with Crippen molar-refractivity contribution in [1.82, 2.24) is 9.36 Å². The first kappa shape index (κ1) is 26.8. The largest absolute Gasteiger partial charge is 0.493 e. The lowest BCUT2D eigenvalue weighted by atomic mass is 10.1. The van der Waals surface area contributed by atoms with Crippen molar-refractivity contribution in [3.8, 4) is 29.1 Å². The second-order valence-electron chi connectivity index (χ2n) is 6.93. The van der Waals surface area contributed by atoms with Crippen LogP contribution in [0.1, 0.15) is 19.4 Å². The molecule has 3 rings (SSSR count). The molecule has 1 amide bonds. The van der Waals surface area contributed by atoms with Crippen LogP contribution in [0.25, 0.3) is 6.08 Å². The summed E-state index contributed by atoms with van der Waals surface area (Å²) in [7, 11) is 1.59. The van der Waals surface area contributed by atoms with Crippen LogP contribution in [-0.2, 0) is 4.79 Å². The van der Waals surface area contributed by atoms with Gasteiger partial charge in [-0.15, -0.1) is 0 Å². The van der Waals surface area contributed by atoms with Gasteiger partial charge in [-0.25, -0.2) is 0 Å². The zero-order chi connectivity index (χ0) is 25.8. The molecular formula is C25H26N4O5S2. The first-order valence-electron chi connectivity index (χ1n) is 11.1. The molecule has 11 heteroatoms. The Morgan fingerprint density at radius 2 is 1.81 bits per heavy atom. The maximum Gasteiger partial charge on any atom is 0.268 e. The van der Waals surface area contributed by atoms with Crippen molar-refractivity contribution < 1.29 is 23.7 Å². The van der Waals surface area contributed by atoms with E-state index in [4.69, 9.17) is 18.9 Å².